The number of aryl methyl sites for hydroxylation is 1. The first kappa shape index (κ1) is 13.3. The molecule has 3 aromatic rings. The Kier molecular flexibility index (Phi) is 3.27. The molecule has 1 atom stereocenters. The van der Waals surface area contributed by atoms with Crippen LogP contribution in [0.5, 0.6) is 5.75 Å². The van der Waals surface area contributed by atoms with Crippen LogP contribution in [0.3, 0.4) is 0 Å². The van der Waals surface area contributed by atoms with Crippen molar-refractivity contribution in [3.8, 4) is 5.75 Å². The lowest BCUT2D eigenvalue weighted by Gasteiger charge is -2.27. The van der Waals surface area contributed by atoms with Crippen LogP contribution < -0.4 is 10.1 Å². The number of benzene rings is 1. The van der Waals surface area contributed by atoms with E-state index in [1.807, 2.05) is 12.4 Å². The van der Waals surface area contributed by atoms with Crippen LogP contribution in [0, 0.1) is 6.92 Å². The molecule has 3 heterocycles. The van der Waals surface area contributed by atoms with Gasteiger partial charge in [-0.1, -0.05) is 18.2 Å². The van der Waals surface area contributed by atoms with Crippen LogP contribution in [-0.2, 0) is 13.0 Å². The molecule has 0 saturated heterocycles. The second-order valence-corrected chi connectivity index (χ2v) is 5.71. The monoisotopic (exact) mass is 294 g/mol. The molecule has 1 aliphatic heterocycles. The molecular formula is C17H18N4O. The summed E-state index contributed by atoms with van der Waals surface area (Å²) < 4.78 is 7.99. The standard InChI is InChI=1S/C17H18N4O/c1-12-3-2-4-13-7-14(11-22-17(12)13)19-8-15-9-20-16-10-18-5-6-21(15)16/h2-6,9-10,14,19H,7-8,11H2,1H3. The average molecular weight is 294 g/mol. The van der Waals surface area contributed by atoms with Gasteiger partial charge in [0, 0.05) is 25.0 Å². The van der Waals surface area contributed by atoms with E-state index in [4.69, 9.17) is 4.74 Å². The fourth-order valence-electron chi connectivity index (χ4n) is 2.99. The topological polar surface area (TPSA) is 51.5 Å². The van der Waals surface area contributed by atoms with Gasteiger partial charge in [-0.3, -0.25) is 9.38 Å². The normalized spacial score (nSPS) is 17.2. The average Bonchev–Trinajstić information content (AvgIpc) is 2.96. The van der Waals surface area contributed by atoms with Gasteiger partial charge in [0.15, 0.2) is 5.65 Å². The highest BCUT2D eigenvalue weighted by Crippen LogP contribution is 2.28. The minimum atomic E-state index is 0.321. The van der Waals surface area contributed by atoms with Crippen molar-refractivity contribution >= 4 is 5.65 Å². The van der Waals surface area contributed by atoms with Gasteiger partial charge in [0.05, 0.1) is 18.1 Å². The van der Waals surface area contributed by atoms with Gasteiger partial charge >= 0.3 is 0 Å². The lowest BCUT2D eigenvalue weighted by molar-refractivity contribution is 0.236. The SMILES string of the molecule is Cc1cccc2c1OCC(NCc1cnc3cnccn13)C2. The number of fused-ring (bicyclic) bond motifs is 2. The molecule has 1 N–H and O–H groups in total. The third-order valence-electron chi connectivity index (χ3n) is 4.15. The van der Waals surface area contributed by atoms with Crippen LogP contribution in [0.2, 0.25) is 0 Å². The minimum absolute atomic E-state index is 0.321. The van der Waals surface area contributed by atoms with E-state index in [9.17, 15) is 0 Å². The summed E-state index contributed by atoms with van der Waals surface area (Å²) in [5, 5.41) is 3.57. The van der Waals surface area contributed by atoms with Crippen LogP contribution in [0.25, 0.3) is 5.65 Å². The number of nitrogens with zero attached hydrogens (tertiary/aromatic N) is 3. The maximum Gasteiger partial charge on any atom is 0.155 e. The Balaban J connectivity index is 1.47. The smallest absolute Gasteiger partial charge is 0.155 e. The van der Waals surface area contributed by atoms with E-state index in [-0.39, 0.29) is 0 Å². The lowest BCUT2D eigenvalue weighted by Crippen LogP contribution is -2.39. The van der Waals surface area contributed by atoms with Crippen molar-refractivity contribution in [1.29, 1.82) is 0 Å². The first-order chi connectivity index (χ1) is 10.8. The number of hydrogen-bond donors (Lipinski definition) is 1. The van der Waals surface area contributed by atoms with E-state index in [2.05, 4.69) is 44.8 Å². The van der Waals surface area contributed by atoms with Gasteiger partial charge in [0.1, 0.15) is 12.4 Å². The fourth-order valence-corrected chi connectivity index (χ4v) is 2.99. The van der Waals surface area contributed by atoms with Gasteiger partial charge in [0.25, 0.3) is 0 Å². The Morgan fingerprint density at radius 3 is 3.27 bits per heavy atom. The molecule has 5 heteroatoms. The Hall–Kier alpha value is -2.40. The zero-order valence-electron chi connectivity index (χ0n) is 12.5. The van der Waals surface area contributed by atoms with E-state index in [0.29, 0.717) is 12.6 Å². The molecule has 4 rings (SSSR count). The first-order valence-corrected chi connectivity index (χ1v) is 7.52. The van der Waals surface area contributed by atoms with Gasteiger partial charge in [-0.15, -0.1) is 0 Å². The molecule has 0 amide bonds. The summed E-state index contributed by atoms with van der Waals surface area (Å²) in [6.07, 6.45) is 8.38. The van der Waals surface area contributed by atoms with E-state index in [1.54, 1.807) is 12.4 Å². The third kappa shape index (κ3) is 2.33. The third-order valence-corrected chi connectivity index (χ3v) is 4.15. The Bertz CT molecular complexity index is 811. The number of nitrogens with one attached hydrogen (secondary N) is 1. The van der Waals surface area contributed by atoms with Gasteiger partial charge in [-0.2, -0.15) is 0 Å². The molecule has 0 bridgehead atoms. The molecule has 0 aliphatic carbocycles. The van der Waals surface area contributed by atoms with Crippen LogP contribution in [0.15, 0.2) is 43.0 Å². The highest BCUT2D eigenvalue weighted by molar-refractivity contribution is 5.42. The number of ether oxygens (including phenoxy) is 1. The van der Waals surface area contributed by atoms with E-state index in [1.165, 1.54) is 11.1 Å². The van der Waals surface area contributed by atoms with Crippen molar-refractivity contribution in [2.45, 2.75) is 25.9 Å². The molecule has 0 radical (unpaired) electrons. The zero-order valence-corrected chi connectivity index (χ0v) is 12.5. The number of imidazole rings is 1. The van der Waals surface area contributed by atoms with Crippen molar-refractivity contribution in [2.75, 3.05) is 6.61 Å². The molecule has 22 heavy (non-hydrogen) atoms. The van der Waals surface area contributed by atoms with Crippen LogP contribution in [0.4, 0.5) is 0 Å². The predicted octanol–water partition coefficient (Wildman–Crippen LogP) is 2.13. The van der Waals surface area contributed by atoms with Crippen molar-refractivity contribution in [3.05, 3.63) is 59.8 Å². The molecule has 1 unspecified atom stereocenters. The Morgan fingerprint density at radius 1 is 1.36 bits per heavy atom. The van der Waals surface area contributed by atoms with E-state index < -0.39 is 0 Å². The highest BCUT2D eigenvalue weighted by Gasteiger charge is 2.20. The van der Waals surface area contributed by atoms with Crippen molar-refractivity contribution < 1.29 is 4.74 Å². The highest BCUT2D eigenvalue weighted by atomic mass is 16.5. The van der Waals surface area contributed by atoms with Crippen molar-refractivity contribution in [2.24, 2.45) is 0 Å². The molecule has 0 saturated carbocycles. The molecule has 2 aromatic heterocycles. The number of rotatable bonds is 3. The van der Waals surface area contributed by atoms with Gasteiger partial charge in [-0.05, 0) is 24.5 Å². The number of para-hydroxylation sites is 1. The maximum absolute atomic E-state index is 5.93. The molecule has 5 nitrogen and oxygen atoms in total. The lowest BCUT2D eigenvalue weighted by atomic mass is 10.00. The summed E-state index contributed by atoms with van der Waals surface area (Å²) in [4.78, 5) is 8.44. The van der Waals surface area contributed by atoms with E-state index in [0.717, 1.165) is 30.1 Å². The van der Waals surface area contributed by atoms with Gasteiger partial charge in [-0.25, -0.2) is 4.98 Å². The summed E-state index contributed by atoms with van der Waals surface area (Å²) in [6, 6.07) is 6.66. The fraction of sp³-hybridized carbons (Fsp3) is 0.294. The molecule has 112 valence electrons. The summed E-state index contributed by atoms with van der Waals surface area (Å²) in [7, 11) is 0. The Morgan fingerprint density at radius 2 is 2.32 bits per heavy atom. The number of hydrogen-bond acceptors (Lipinski definition) is 4. The molecule has 0 fully saturated rings. The Labute approximate surface area is 129 Å². The number of aromatic nitrogens is 3. The minimum Gasteiger partial charge on any atom is -0.491 e. The summed E-state index contributed by atoms with van der Waals surface area (Å²) in [5.41, 5.74) is 4.50. The maximum atomic E-state index is 5.93. The van der Waals surface area contributed by atoms with Crippen molar-refractivity contribution in [3.63, 3.8) is 0 Å². The summed E-state index contributed by atoms with van der Waals surface area (Å²) in [6.45, 7) is 3.57. The van der Waals surface area contributed by atoms with Crippen LogP contribution in [0.1, 0.15) is 16.8 Å². The second kappa shape index (κ2) is 5.42. The molecule has 0 spiro atoms. The van der Waals surface area contributed by atoms with Crippen LogP contribution in [-0.4, -0.2) is 27.0 Å². The summed E-state index contributed by atoms with van der Waals surface area (Å²) in [5.74, 6) is 1.06. The quantitative estimate of drug-likeness (QED) is 0.804. The van der Waals surface area contributed by atoms with Gasteiger partial charge < -0.3 is 10.1 Å². The van der Waals surface area contributed by atoms with E-state index >= 15 is 0 Å². The predicted molar refractivity (Wildman–Crippen MR) is 84.0 cm³/mol. The zero-order chi connectivity index (χ0) is 14.9. The molecular weight excluding hydrogens is 276 g/mol. The second-order valence-electron chi connectivity index (χ2n) is 5.71. The summed E-state index contributed by atoms with van der Waals surface area (Å²) >= 11 is 0. The molecule has 1 aromatic carbocycles. The molecule has 1 aliphatic rings. The van der Waals surface area contributed by atoms with Crippen molar-refractivity contribution in [1.82, 2.24) is 19.7 Å². The largest absolute Gasteiger partial charge is 0.491 e. The van der Waals surface area contributed by atoms with Crippen LogP contribution >= 0.6 is 0 Å². The van der Waals surface area contributed by atoms with Gasteiger partial charge in [0.2, 0.25) is 0 Å². The first-order valence-electron chi connectivity index (χ1n) is 7.52.